The van der Waals surface area contributed by atoms with Gasteiger partial charge in [0.1, 0.15) is 17.9 Å². The van der Waals surface area contributed by atoms with Gasteiger partial charge in [0, 0.05) is 58.1 Å². The third kappa shape index (κ3) is 5.13. The van der Waals surface area contributed by atoms with Crippen LogP contribution in [0.3, 0.4) is 0 Å². The van der Waals surface area contributed by atoms with Crippen LogP contribution in [-0.2, 0) is 11.3 Å². The number of methoxy groups -OCH3 is 1. The number of piperazine rings is 1. The predicted molar refractivity (Wildman–Crippen MR) is 156 cm³/mol. The summed E-state index contributed by atoms with van der Waals surface area (Å²) in [5, 5.41) is 4.49. The van der Waals surface area contributed by atoms with Gasteiger partial charge >= 0.3 is 5.69 Å². The standard InChI is InChI=1S/C28H35N9O4/c1-19(2)36-23-25(31-27(29)37-26(23)30-24(32-37)22-5-4-16-41-22)35(28(36)38)15-12-33-10-13-34(14-11-33)20-6-8-21(9-7-20)40-18-17-39-3/h4-9,16,19H,10-15,17-18H2,1-3H3,(H2,29,31). The zero-order valence-corrected chi connectivity index (χ0v) is 23.6. The molecule has 0 unspecified atom stereocenters. The minimum atomic E-state index is -0.135. The summed E-state index contributed by atoms with van der Waals surface area (Å²) < 4.78 is 21.1. The molecule has 0 saturated carbocycles. The highest BCUT2D eigenvalue weighted by Gasteiger charge is 2.25. The molecule has 0 radical (unpaired) electrons. The van der Waals surface area contributed by atoms with Crippen LogP contribution in [0.15, 0.2) is 51.9 Å². The SMILES string of the molecule is COCCOc1ccc(N2CCN(CCn3c(=O)n(C(C)C)c4c3nc(N)n3nc(-c5ccco5)nc43)CC2)cc1. The van der Waals surface area contributed by atoms with E-state index in [0.717, 1.165) is 31.9 Å². The van der Waals surface area contributed by atoms with Crippen molar-refractivity contribution in [2.75, 3.05) is 63.7 Å². The number of benzene rings is 1. The first-order chi connectivity index (χ1) is 19.9. The molecule has 0 spiro atoms. The first-order valence-corrected chi connectivity index (χ1v) is 13.8. The highest BCUT2D eigenvalue weighted by Crippen LogP contribution is 2.25. The van der Waals surface area contributed by atoms with Crippen LogP contribution in [-0.4, -0.2) is 86.7 Å². The van der Waals surface area contributed by atoms with E-state index in [0.29, 0.717) is 54.7 Å². The molecule has 4 aromatic heterocycles. The zero-order chi connectivity index (χ0) is 28.5. The van der Waals surface area contributed by atoms with Crippen molar-refractivity contribution in [1.82, 2.24) is 33.6 Å². The van der Waals surface area contributed by atoms with Crippen molar-refractivity contribution in [3.63, 3.8) is 0 Å². The van der Waals surface area contributed by atoms with Gasteiger partial charge in [-0.05, 0) is 50.2 Å². The van der Waals surface area contributed by atoms with Crippen molar-refractivity contribution in [3.05, 3.63) is 53.1 Å². The van der Waals surface area contributed by atoms with Crippen LogP contribution in [0.2, 0.25) is 0 Å². The minimum absolute atomic E-state index is 0.107. The smallest absolute Gasteiger partial charge is 0.330 e. The molecule has 13 nitrogen and oxygen atoms in total. The first kappa shape index (κ1) is 26.8. The normalized spacial score (nSPS) is 14.6. The number of hydrogen-bond acceptors (Lipinski definition) is 10. The Bertz CT molecular complexity index is 1680. The summed E-state index contributed by atoms with van der Waals surface area (Å²) in [5.41, 5.74) is 8.95. The third-order valence-corrected chi connectivity index (χ3v) is 7.43. The number of imidazole rings is 1. The fourth-order valence-corrected chi connectivity index (χ4v) is 5.31. The Kier molecular flexibility index (Phi) is 7.37. The molecule has 1 aliphatic rings. The lowest BCUT2D eigenvalue weighted by Crippen LogP contribution is -2.47. The molecule has 41 heavy (non-hydrogen) atoms. The summed E-state index contributed by atoms with van der Waals surface area (Å²) in [6.45, 7) is 9.82. The molecule has 5 aromatic rings. The number of anilines is 2. The maximum atomic E-state index is 13.7. The van der Waals surface area contributed by atoms with Crippen LogP contribution in [0.5, 0.6) is 5.75 Å². The summed E-state index contributed by atoms with van der Waals surface area (Å²) >= 11 is 0. The summed E-state index contributed by atoms with van der Waals surface area (Å²) in [5.74, 6) is 1.91. The number of aromatic nitrogens is 6. The fraction of sp³-hybridized carbons (Fsp3) is 0.429. The lowest BCUT2D eigenvalue weighted by molar-refractivity contribution is 0.146. The Morgan fingerprint density at radius 1 is 1.00 bits per heavy atom. The number of ether oxygens (including phenoxy) is 2. The highest BCUT2D eigenvalue weighted by molar-refractivity contribution is 5.88. The van der Waals surface area contributed by atoms with Gasteiger partial charge in [-0.15, -0.1) is 5.10 Å². The predicted octanol–water partition coefficient (Wildman–Crippen LogP) is 2.51. The zero-order valence-electron chi connectivity index (χ0n) is 23.6. The second kappa shape index (κ2) is 11.3. The van der Waals surface area contributed by atoms with E-state index in [2.05, 4.69) is 37.0 Å². The van der Waals surface area contributed by atoms with Crippen molar-refractivity contribution in [2.24, 2.45) is 0 Å². The maximum Gasteiger partial charge on any atom is 0.330 e. The Balaban J connectivity index is 1.19. The third-order valence-electron chi connectivity index (χ3n) is 7.43. The van der Waals surface area contributed by atoms with Crippen LogP contribution < -0.4 is 21.1 Å². The molecule has 1 saturated heterocycles. The molecular formula is C28H35N9O4. The lowest BCUT2D eigenvalue weighted by Gasteiger charge is -2.36. The van der Waals surface area contributed by atoms with E-state index in [-0.39, 0.29) is 17.7 Å². The van der Waals surface area contributed by atoms with E-state index in [1.807, 2.05) is 26.0 Å². The van der Waals surface area contributed by atoms with Gasteiger partial charge in [0.2, 0.25) is 11.8 Å². The Labute approximate surface area is 236 Å². The number of nitrogens with two attached hydrogens (primary N) is 1. The molecule has 216 valence electrons. The van der Waals surface area contributed by atoms with Gasteiger partial charge in [-0.3, -0.25) is 14.0 Å². The van der Waals surface area contributed by atoms with Crippen molar-refractivity contribution in [1.29, 1.82) is 0 Å². The van der Waals surface area contributed by atoms with Gasteiger partial charge in [0.05, 0.1) is 12.9 Å². The van der Waals surface area contributed by atoms with Crippen LogP contribution in [0.1, 0.15) is 19.9 Å². The van der Waals surface area contributed by atoms with Crippen LogP contribution in [0.4, 0.5) is 11.6 Å². The Morgan fingerprint density at radius 2 is 1.78 bits per heavy atom. The van der Waals surface area contributed by atoms with Crippen molar-refractivity contribution in [3.8, 4) is 17.3 Å². The van der Waals surface area contributed by atoms with E-state index in [9.17, 15) is 4.79 Å². The average molecular weight is 562 g/mol. The number of rotatable bonds is 10. The summed E-state index contributed by atoms with van der Waals surface area (Å²) in [4.78, 5) is 27.7. The first-order valence-electron chi connectivity index (χ1n) is 13.8. The van der Waals surface area contributed by atoms with Gasteiger partial charge in [-0.1, -0.05) is 0 Å². The largest absolute Gasteiger partial charge is 0.491 e. The second-order valence-electron chi connectivity index (χ2n) is 10.4. The van der Waals surface area contributed by atoms with E-state index >= 15 is 0 Å². The Hall–Kier alpha value is -4.36. The number of fused-ring (bicyclic) bond motifs is 3. The van der Waals surface area contributed by atoms with Gasteiger partial charge in [-0.25, -0.2) is 9.78 Å². The molecule has 1 fully saturated rings. The molecule has 13 heteroatoms. The van der Waals surface area contributed by atoms with Crippen molar-refractivity contribution < 1.29 is 13.9 Å². The van der Waals surface area contributed by atoms with E-state index in [1.165, 1.54) is 10.2 Å². The van der Waals surface area contributed by atoms with Gasteiger partial charge in [0.15, 0.2) is 17.1 Å². The maximum absolute atomic E-state index is 13.7. The molecule has 6 rings (SSSR count). The molecule has 2 N–H and O–H groups in total. The molecule has 0 bridgehead atoms. The summed E-state index contributed by atoms with van der Waals surface area (Å²) in [6.07, 6.45) is 1.56. The summed E-state index contributed by atoms with van der Waals surface area (Å²) in [6, 6.07) is 11.6. The fourth-order valence-electron chi connectivity index (χ4n) is 5.31. The highest BCUT2D eigenvalue weighted by atomic mass is 16.5. The number of hydrogen-bond donors (Lipinski definition) is 1. The molecule has 1 aromatic carbocycles. The Morgan fingerprint density at radius 3 is 2.46 bits per heavy atom. The van der Waals surface area contributed by atoms with E-state index < -0.39 is 0 Å². The monoisotopic (exact) mass is 561 g/mol. The molecule has 0 atom stereocenters. The van der Waals surface area contributed by atoms with Crippen LogP contribution in [0, 0.1) is 0 Å². The quantitative estimate of drug-likeness (QED) is 0.254. The van der Waals surface area contributed by atoms with Gasteiger partial charge < -0.3 is 24.5 Å². The molecular weight excluding hydrogens is 526 g/mol. The minimum Gasteiger partial charge on any atom is -0.491 e. The number of nitrogens with zero attached hydrogens (tertiary/aromatic N) is 8. The van der Waals surface area contributed by atoms with Gasteiger partial charge in [-0.2, -0.15) is 9.50 Å². The molecule has 0 aliphatic carbocycles. The lowest BCUT2D eigenvalue weighted by atomic mass is 10.2. The second-order valence-corrected chi connectivity index (χ2v) is 10.4. The molecule has 0 amide bonds. The molecule has 5 heterocycles. The van der Waals surface area contributed by atoms with Crippen LogP contribution >= 0.6 is 0 Å². The van der Waals surface area contributed by atoms with Gasteiger partial charge in [0.25, 0.3) is 0 Å². The van der Waals surface area contributed by atoms with Crippen molar-refractivity contribution >= 4 is 28.4 Å². The van der Waals surface area contributed by atoms with Crippen molar-refractivity contribution in [2.45, 2.75) is 26.4 Å². The number of furan rings is 1. The van der Waals surface area contributed by atoms with E-state index in [4.69, 9.17) is 19.6 Å². The number of nitrogen functional groups attached to an aromatic ring is 1. The molecule has 1 aliphatic heterocycles. The van der Waals surface area contributed by atoms with Crippen LogP contribution in [0.25, 0.3) is 28.4 Å². The average Bonchev–Trinajstić information content (AvgIpc) is 3.71. The van der Waals surface area contributed by atoms with E-state index in [1.54, 1.807) is 34.6 Å². The topological polar surface area (TPSA) is 134 Å². The summed E-state index contributed by atoms with van der Waals surface area (Å²) in [7, 11) is 1.66.